The van der Waals surface area contributed by atoms with E-state index in [1.165, 1.54) is 0 Å². The fourth-order valence-corrected chi connectivity index (χ4v) is 2.51. The van der Waals surface area contributed by atoms with Gasteiger partial charge in [-0.2, -0.15) is 0 Å². The highest BCUT2D eigenvalue weighted by Crippen LogP contribution is 2.48. The molecule has 1 spiro atoms. The Morgan fingerprint density at radius 1 is 1.62 bits per heavy atom. The second kappa shape index (κ2) is 3.21. The van der Waals surface area contributed by atoms with Gasteiger partial charge in [-0.3, -0.25) is 0 Å². The Kier molecular flexibility index (Phi) is 2.32. The Morgan fingerprint density at radius 3 is 2.85 bits per heavy atom. The highest BCUT2D eigenvalue weighted by molar-refractivity contribution is 5.11. The molecule has 3 heteroatoms. The van der Waals surface area contributed by atoms with Crippen LogP contribution in [0.5, 0.6) is 0 Å². The number of β-amino-alcohol motifs (C(OH)–C–C–N with tert-alkyl or cyclic N) is 1. The maximum absolute atomic E-state index is 13.6. The van der Waals surface area contributed by atoms with Crippen LogP contribution in [0.2, 0.25) is 0 Å². The van der Waals surface area contributed by atoms with E-state index in [2.05, 4.69) is 5.32 Å². The van der Waals surface area contributed by atoms with Crippen molar-refractivity contribution >= 4 is 0 Å². The van der Waals surface area contributed by atoms with Gasteiger partial charge in [0.15, 0.2) is 0 Å². The van der Waals surface area contributed by atoms with E-state index < -0.39 is 6.17 Å². The number of rotatable bonds is 2. The van der Waals surface area contributed by atoms with Gasteiger partial charge in [0.2, 0.25) is 0 Å². The molecule has 0 radical (unpaired) electrons. The molecule has 2 nitrogen and oxygen atoms in total. The lowest BCUT2D eigenvalue weighted by molar-refractivity contribution is 0.0418. The molecular formula is C10H18FNO. The van der Waals surface area contributed by atoms with Crippen LogP contribution in [0.25, 0.3) is 0 Å². The summed E-state index contributed by atoms with van der Waals surface area (Å²) in [4.78, 5) is 0. The molecule has 3 atom stereocenters. The average Bonchev–Trinajstić information content (AvgIpc) is 2.90. The molecule has 3 unspecified atom stereocenters. The van der Waals surface area contributed by atoms with Crippen molar-refractivity contribution in [1.82, 2.24) is 5.32 Å². The Morgan fingerprint density at radius 2 is 2.31 bits per heavy atom. The molecule has 1 heterocycles. The summed E-state index contributed by atoms with van der Waals surface area (Å²) >= 11 is 0. The molecule has 0 aromatic carbocycles. The van der Waals surface area contributed by atoms with Crippen molar-refractivity contribution < 1.29 is 9.50 Å². The van der Waals surface area contributed by atoms with Crippen molar-refractivity contribution in [2.24, 2.45) is 5.92 Å². The van der Waals surface area contributed by atoms with Crippen LogP contribution < -0.4 is 5.32 Å². The molecule has 0 amide bonds. The van der Waals surface area contributed by atoms with E-state index in [1.54, 1.807) is 0 Å². The molecular weight excluding hydrogens is 169 g/mol. The molecule has 2 fully saturated rings. The Hall–Kier alpha value is -0.150. The van der Waals surface area contributed by atoms with Crippen LogP contribution in [0.1, 0.15) is 32.6 Å². The monoisotopic (exact) mass is 187 g/mol. The number of aliphatic hydroxyl groups is 1. The van der Waals surface area contributed by atoms with Gasteiger partial charge in [-0.05, 0) is 25.7 Å². The van der Waals surface area contributed by atoms with E-state index in [4.69, 9.17) is 0 Å². The van der Waals surface area contributed by atoms with Gasteiger partial charge in [0.25, 0.3) is 0 Å². The van der Waals surface area contributed by atoms with Gasteiger partial charge in [0.05, 0.1) is 6.10 Å². The van der Waals surface area contributed by atoms with E-state index in [0.29, 0.717) is 19.4 Å². The third-order valence-electron chi connectivity index (χ3n) is 3.54. The summed E-state index contributed by atoms with van der Waals surface area (Å²) in [5.74, 6) is 0.0428. The largest absolute Gasteiger partial charge is 0.392 e. The predicted octanol–water partition coefficient (Wildman–Crippen LogP) is 1.24. The lowest BCUT2D eigenvalue weighted by Gasteiger charge is -2.37. The van der Waals surface area contributed by atoms with Crippen LogP contribution in [0, 0.1) is 5.92 Å². The maximum Gasteiger partial charge on any atom is 0.105 e. The lowest BCUT2D eigenvalue weighted by Crippen LogP contribution is -2.52. The summed E-state index contributed by atoms with van der Waals surface area (Å²) in [5, 5.41) is 12.7. The highest BCUT2D eigenvalue weighted by Gasteiger charge is 2.54. The number of aliphatic hydroxyl groups excluding tert-OH is 1. The molecule has 1 saturated heterocycles. The summed E-state index contributed by atoms with van der Waals surface area (Å²) in [6, 6.07) is 0. The molecule has 1 saturated carbocycles. The molecule has 2 N–H and O–H groups in total. The second-order valence-electron chi connectivity index (χ2n) is 4.46. The minimum atomic E-state index is -0.745. The van der Waals surface area contributed by atoms with Gasteiger partial charge in [0, 0.05) is 18.0 Å². The van der Waals surface area contributed by atoms with Gasteiger partial charge in [0.1, 0.15) is 6.17 Å². The molecule has 2 aliphatic rings. The molecule has 2 rings (SSSR count). The van der Waals surface area contributed by atoms with Gasteiger partial charge in [-0.1, -0.05) is 6.92 Å². The van der Waals surface area contributed by atoms with Crippen LogP contribution >= 0.6 is 0 Å². The number of hydrogen-bond donors (Lipinski definition) is 2. The number of hydrogen-bond acceptors (Lipinski definition) is 2. The molecule has 0 aromatic heterocycles. The fourth-order valence-electron chi connectivity index (χ4n) is 2.51. The standard InChI is InChI=1S/C10H18FNO/c1-2-9(11)8-5-7(13)6-12-10(8)3-4-10/h7-9,12-13H,2-6H2,1H3. The lowest BCUT2D eigenvalue weighted by atomic mass is 9.82. The van der Waals surface area contributed by atoms with Gasteiger partial charge in [-0.15, -0.1) is 0 Å². The van der Waals surface area contributed by atoms with Crippen molar-refractivity contribution in [2.75, 3.05) is 6.54 Å². The molecule has 1 aliphatic heterocycles. The summed E-state index contributed by atoms with van der Waals surface area (Å²) in [5.41, 5.74) is 0.0641. The first-order valence-corrected chi connectivity index (χ1v) is 5.25. The topological polar surface area (TPSA) is 32.3 Å². The summed E-state index contributed by atoms with van der Waals surface area (Å²) < 4.78 is 13.6. The SMILES string of the molecule is CCC(F)C1CC(O)CNC12CC2. The average molecular weight is 187 g/mol. The number of halogens is 1. The van der Waals surface area contributed by atoms with Crippen LogP contribution in [-0.2, 0) is 0 Å². The van der Waals surface area contributed by atoms with Crippen molar-refractivity contribution in [1.29, 1.82) is 0 Å². The summed E-state index contributed by atoms with van der Waals surface area (Å²) in [6.45, 7) is 2.52. The van der Waals surface area contributed by atoms with Crippen molar-refractivity contribution in [3.05, 3.63) is 0 Å². The third-order valence-corrected chi connectivity index (χ3v) is 3.54. The van der Waals surface area contributed by atoms with Gasteiger partial charge < -0.3 is 10.4 Å². The van der Waals surface area contributed by atoms with Crippen LogP contribution in [0.4, 0.5) is 4.39 Å². The smallest absolute Gasteiger partial charge is 0.105 e. The predicted molar refractivity (Wildman–Crippen MR) is 49.3 cm³/mol. The minimum Gasteiger partial charge on any atom is -0.392 e. The molecule has 76 valence electrons. The second-order valence-corrected chi connectivity index (χ2v) is 4.46. The van der Waals surface area contributed by atoms with Crippen molar-refractivity contribution in [3.8, 4) is 0 Å². The van der Waals surface area contributed by atoms with Crippen LogP contribution in [-0.4, -0.2) is 29.5 Å². The molecule has 13 heavy (non-hydrogen) atoms. The first-order chi connectivity index (χ1) is 6.18. The third kappa shape index (κ3) is 1.59. The normalized spacial score (nSPS) is 39.0. The highest BCUT2D eigenvalue weighted by atomic mass is 19.1. The fraction of sp³-hybridized carbons (Fsp3) is 1.00. The minimum absolute atomic E-state index is 0.0428. The van der Waals surface area contributed by atoms with E-state index in [-0.39, 0.29) is 17.6 Å². The van der Waals surface area contributed by atoms with Crippen molar-refractivity contribution in [3.63, 3.8) is 0 Å². The summed E-state index contributed by atoms with van der Waals surface area (Å²) in [7, 11) is 0. The number of piperidine rings is 1. The molecule has 0 bridgehead atoms. The number of nitrogens with one attached hydrogen (secondary N) is 1. The first-order valence-electron chi connectivity index (χ1n) is 5.25. The zero-order valence-corrected chi connectivity index (χ0v) is 8.09. The first kappa shape index (κ1) is 9.41. The Balaban J connectivity index is 2.04. The zero-order valence-electron chi connectivity index (χ0n) is 8.09. The van der Waals surface area contributed by atoms with E-state index in [9.17, 15) is 9.50 Å². The quantitative estimate of drug-likeness (QED) is 0.681. The van der Waals surface area contributed by atoms with Crippen molar-refractivity contribution in [2.45, 2.75) is 50.4 Å². The Bertz CT molecular complexity index is 193. The zero-order chi connectivity index (χ0) is 9.47. The Labute approximate surface area is 78.5 Å². The maximum atomic E-state index is 13.6. The number of alkyl halides is 1. The van der Waals surface area contributed by atoms with Gasteiger partial charge in [-0.25, -0.2) is 4.39 Å². The van der Waals surface area contributed by atoms with E-state index in [1.807, 2.05) is 6.92 Å². The molecule has 1 aliphatic carbocycles. The van der Waals surface area contributed by atoms with E-state index >= 15 is 0 Å². The van der Waals surface area contributed by atoms with Gasteiger partial charge >= 0.3 is 0 Å². The van der Waals surface area contributed by atoms with E-state index in [0.717, 1.165) is 12.8 Å². The molecule has 0 aromatic rings. The summed E-state index contributed by atoms with van der Waals surface area (Å²) in [6.07, 6.45) is 2.30. The van der Waals surface area contributed by atoms with Crippen LogP contribution in [0.15, 0.2) is 0 Å². The van der Waals surface area contributed by atoms with Crippen LogP contribution in [0.3, 0.4) is 0 Å².